The third-order valence-electron chi connectivity index (χ3n) is 5.33. The van der Waals surface area contributed by atoms with Gasteiger partial charge in [0.05, 0.1) is 12.4 Å². The molecular formula is C23H28F2N2O4S2. The van der Waals surface area contributed by atoms with Crippen LogP contribution < -0.4 is 10.1 Å². The maximum Gasteiger partial charge on any atom is 0.246 e. The van der Waals surface area contributed by atoms with Crippen LogP contribution in [0, 0.1) is 11.6 Å². The number of ether oxygens (including phenoxy) is 1. The van der Waals surface area contributed by atoms with Gasteiger partial charge < -0.3 is 10.1 Å². The molecule has 1 saturated heterocycles. The molecule has 1 atom stereocenters. The number of sulfonamides is 1. The van der Waals surface area contributed by atoms with Gasteiger partial charge in [-0.05, 0) is 57.0 Å². The zero-order chi connectivity index (χ0) is 24.0. The van der Waals surface area contributed by atoms with Crippen LogP contribution >= 0.6 is 11.8 Å². The van der Waals surface area contributed by atoms with E-state index in [1.165, 1.54) is 34.6 Å². The molecule has 0 radical (unpaired) electrons. The fraction of sp³-hybridized carbons (Fsp3) is 0.435. The monoisotopic (exact) mass is 498 g/mol. The Kier molecular flexibility index (Phi) is 8.72. The van der Waals surface area contributed by atoms with Crippen molar-refractivity contribution in [1.29, 1.82) is 0 Å². The molecule has 1 aliphatic rings. The molecule has 10 heteroatoms. The van der Waals surface area contributed by atoms with Crippen molar-refractivity contribution in [2.24, 2.45) is 0 Å². The highest BCUT2D eigenvalue weighted by Crippen LogP contribution is 2.33. The van der Waals surface area contributed by atoms with Crippen LogP contribution in [0.3, 0.4) is 0 Å². The second-order valence-corrected chi connectivity index (χ2v) is 10.9. The van der Waals surface area contributed by atoms with Crippen LogP contribution in [-0.4, -0.2) is 44.1 Å². The molecule has 0 aliphatic carbocycles. The minimum atomic E-state index is -3.78. The number of hydrogen-bond donors (Lipinski definition) is 1. The largest absolute Gasteiger partial charge is 0.492 e. The van der Waals surface area contributed by atoms with Crippen LogP contribution in [0.1, 0.15) is 43.9 Å². The van der Waals surface area contributed by atoms with E-state index in [0.717, 1.165) is 31.0 Å². The summed E-state index contributed by atoms with van der Waals surface area (Å²) in [4.78, 5) is 12.5. The summed E-state index contributed by atoms with van der Waals surface area (Å²) >= 11 is 1.09. The Hall–Kier alpha value is -2.17. The van der Waals surface area contributed by atoms with E-state index >= 15 is 0 Å². The fourth-order valence-corrected chi connectivity index (χ4v) is 6.23. The molecule has 1 N–H and O–H groups in total. The molecule has 0 saturated carbocycles. The van der Waals surface area contributed by atoms with Gasteiger partial charge in [0, 0.05) is 29.6 Å². The molecule has 1 fully saturated rings. The Bertz CT molecular complexity index is 1070. The van der Waals surface area contributed by atoms with Crippen LogP contribution in [0.25, 0.3) is 0 Å². The number of carbonyl (C=O) groups is 1. The van der Waals surface area contributed by atoms with Gasteiger partial charge in [-0.1, -0.05) is 12.5 Å². The van der Waals surface area contributed by atoms with E-state index in [9.17, 15) is 22.0 Å². The predicted molar refractivity (Wildman–Crippen MR) is 126 cm³/mol. The van der Waals surface area contributed by atoms with Gasteiger partial charge in [-0.15, -0.1) is 11.8 Å². The van der Waals surface area contributed by atoms with Gasteiger partial charge in [0.15, 0.2) is 0 Å². The van der Waals surface area contributed by atoms with Gasteiger partial charge in [-0.2, -0.15) is 4.31 Å². The average Bonchev–Trinajstić information content (AvgIpc) is 2.79. The third kappa shape index (κ3) is 6.24. The Morgan fingerprint density at radius 2 is 1.82 bits per heavy atom. The maximum absolute atomic E-state index is 14.0. The number of hydrogen-bond acceptors (Lipinski definition) is 5. The average molecular weight is 499 g/mol. The Morgan fingerprint density at radius 1 is 1.15 bits per heavy atom. The molecule has 0 spiro atoms. The summed E-state index contributed by atoms with van der Waals surface area (Å²) in [6.45, 7) is 4.59. The molecule has 1 heterocycles. The number of benzene rings is 2. The van der Waals surface area contributed by atoms with E-state index in [1.807, 2.05) is 0 Å². The first-order valence-electron chi connectivity index (χ1n) is 10.9. The summed E-state index contributed by atoms with van der Waals surface area (Å²) in [5.74, 6) is -1.55. The number of nitrogens with one attached hydrogen (secondary N) is 1. The van der Waals surface area contributed by atoms with Crippen molar-refractivity contribution in [1.82, 2.24) is 4.31 Å². The SMILES string of the molecule is CCOc1ccc(NC(=O)CSC(C)c2c(F)cccc2F)cc1S(=O)(=O)N1CCCCC1. The maximum atomic E-state index is 14.0. The molecule has 2 aromatic rings. The standard InChI is InChI=1S/C23H28F2N2O4S2/c1-3-31-20-11-10-17(14-21(20)33(29,30)27-12-5-4-6-13-27)26-22(28)15-32-16(2)23-18(24)8-7-9-19(23)25/h7-11,14,16H,3-6,12-13,15H2,1-2H3,(H,26,28). The Morgan fingerprint density at radius 3 is 2.45 bits per heavy atom. The molecule has 33 heavy (non-hydrogen) atoms. The predicted octanol–water partition coefficient (Wildman–Crippen LogP) is 4.97. The molecular weight excluding hydrogens is 470 g/mol. The van der Waals surface area contributed by atoms with Crippen molar-refractivity contribution in [3.05, 3.63) is 53.6 Å². The van der Waals surface area contributed by atoms with E-state index in [4.69, 9.17) is 4.74 Å². The molecule has 0 bridgehead atoms. The Labute approximate surface area is 197 Å². The van der Waals surface area contributed by atoms with Gasteiger partial charge in [0.1, 0.15) is 22.3 Å². The second-order valence-electron chi connectivity index (χ2n) is 7.70. The lowest BCUT2D eigenvalue weighted by Crippen LogP contribution is -2.35. The molecule has 1 amide bonds. The van der Waals surface area contributed by atoms with Crippen LogP contribution in [0.4, 0.5) is 14.5 Å². The zero-order valence-corrected chi connectivity index (χ0v) is 20.3. The summed E-state index contributed by atoms with van der Waals surface area (Å²) in [5, 5.41) is 2.10. The van der Waals surface area contributed by atoms with Gasteiger partial charge in [-0.25, -0.2) is 17.2 Å². The van der Waals surface area contributed by atoms with E-state index in [-0.39, 0.29) is 22.0 Å². The quantitative estimate of drug-likeness (QED) is 0.528. The number of anilines is 1. The van der Waals surface area contributed by atoms with Crippen LogP contribution in [0.2, 0.25) is 0 Å². The molecule has 3 rings (SSSR count). The van der Waals surface area contributed by atoms with E-state index in [2.05, 4.69) is 5.32 Å². The van der Waals surface area contributed by atoms with E-state index in [1.54, 1.807) is 19.9 Å². The highest BCUT2D eigenvalue weighted by Gasteiger charge is 2.29. The molecule has 180 valence electrons. The minimum absolute atomic E-state index is 0.0125. The molecule has 6 nitrogen and oxygen atoms in total. The lowest BCUT2D eigenvalue weighted by molar-refractivity contribution is -0.113. The van der Waals surface area contributed by atoms with Crippen molar-refractivity contribution in [2.45, 2.75) is 43.3 Å². The van der Waals surface area contributed by atoms with E-state index < -0.39 is 32.8 Å². The first-order chi connectivity index (χ1) is 15.7. The van der Waals surface area contributed by atoms with Crippen molar-refractivity contribution >= 4 is 33.4 Å². The summed E-state index contributed by atoms with van der Waals surface area (Å²) in [7, 11) is -3.78. The number of halogens is 2. The summed E-state index contributed by atoms with van der Waals surface area (Å²) < 4.78 is 61.3. The zero-order valence-electron chi connectivity index (χ0n) is 18.6. The minimum Gasteiger partial charge on any atom is -0.492 e. The summed E-state index contributed by atoms with van der Waals surface area (Å²) in [6.07, 6.45) is 2.60. The molecule has 0 aromatic heterocycles. The van der Waals surface area contributed by atoms with Crippen molar-refractivity contribution in [3.63, 3.8) is 0 Å². The van der Waals surface area contributed by atoms with Gasteiger partial charge in [0.25, 0.3) is 0 Å². The molecule has 1 aliphatic heterocycles. The first kappa shape index (κ1) is 25.5. The fourth-order valence-electron chi connectivity index (χ4n) is 3.69. The van der Waals surface area contributed by atoms with Gasteiger partial charge >= 0.3 is 0 Å². The van der Waals surface area contributed by atoms with Gasteiger partial charge in [0.2, 0.25) is 15.9 Å². The van der Waals surface area contributed by atoms with Crippen LogP contribution in [0.5, 0.6) is 5.75 Å². The number of nitrogens with zero attached hydrogens (tertiary/aromatic N) is 1. The Balaban J connectivity index is 1.73. The highest BCUT2D eigenvalue weighted by molar-refractivity contribution is 8.00. The number of thioether (sulfide) groups is 1. The molecule has 2 aromatic carbocycles. The van der Waals surface area contributed by atoms with Crippen LogP contribution in [-0.2, 0) is 14.8 Å². The van der Waals surface area contributed by atoms with Crippen molar-refractivity contribution in [2.75, 3.05) is 30.8 Å². The smallest absolute Gasteiger partial charge is 0.246 e. The number of rotatable bonds is 9. The lowest BCUT2D eigenvalue weighted by Gasteiger charge is -2.27. The van der Waals surface area contributed by atoms with Gasteiger partial charge in [-0.3, -0.25) is 4.79 Å². The highest BCUT2D eigenvalue weighted by atomic mass is 32.2. The summed E-state index contributed by atoms with van der Waals surface area (Å²) in [5.41, 5.74) is 0.232. The first-order valence-corrected chi connectivity index (χ1v) is 13.3. The third-order valence-corrected chi connectivity index (χ3v) is 8.42. The second kappa shape index (κ2) is 11.3. The number of amides is 1. The lowest BCUT2D eigenvalue weighted by atomic mass is 10.1. The van der Waals surface area contributed by atoms with Crippen molar-refractivity contribution in [3.8, 4) is 5.75 Å². The number of piperidine rings is 1. The normalized spacial score (nSPS) is 15.8. The topological polar surface area (TPSA) is 75.7 Å². The molecule has 1 unspecified atom stereocenters. The van der Waals surface area contributed by atoms with Crippen LogP contribution in [0.15, 0.2) is 41.3 Å². The van der Waals surface area contributed by atoms with Crippen molar-refractivity contribution < 1.29 is 26.7 Å². The summed E-state index contributed by atoms with van der Waals surface area (Å²) in [6, 6.07) is 8.15. The number of carbonyl (C=O) groups excluding carboxylic acids is 1. The van der Waals surface area contributed by atoms with E-state index in [0.29, 0.717) is 25.4 Å².